The van der Waals surface area contributed by atoms with Crippen LogP contribution in [0.4, 0.5) is 4.39 Å². The Hall–Kier alpha value is -1.87. The van der Waals surface area contributed by atoms with Gasteiger partial charge < -0.3 is 4.90 Å². The molecule has 1 atom stereocenters. The van der Waals surface area contributed by atoms with Crippen LogP contribution >= 0.6 is 11.6 Å². The first kappa shape index (κ1) is 14.1. The predicted molar refractivity (Wildman–Crippen MR) is 81.0 cm³/mol. The van der Waals surface area contributed by atoms with Gasteiger partial charge in [-0.05, 0) is 48.7 Å². The molecule has 0 radical (unpaired) electrons. The molecule has 4 heteroatoms. The van der Waals surface area contributed by atoms with E-state index in [0.29, 0.717) is 17.1 Å². The van der Waals surface area contributed by atoms with Crippen molar-refractivity contribution in [3.8, 4) is 0 Å². The van der Waals surface area contributed by atoms with Gasteiger partial charge in [-0.3, -0.25) is 4.79 Å². The maximum absolute atomic E-state index is 13.3. The Bertz CT molecular complexity index is 701. The number of likely N-dealkylation sites (tertiary alicyclic amines) is 1. The summed E-state index contributed by atoms with van der Waals surface area (Å²) in [6, 6.07) is 11.7. The molecule has 0 spiro atoms. The predicted octanol–water partition coefficient (Wildman–Crippen LogP) is 4.37. The summed E-state index contributed by atoms with van der Waals surface area (Å²) in [5.41, 5.74) is 2.36. The van der Waals surface area contributed by atoms with Crippen molar-refractivity contribution in [2.24, 2.45) is 0 Å². The molecule has 1 unspecified atom stereocenters. The number of nitrogens with zero attached hydrogens (tertiary/aromatic N) is 1. The lowest BCUT2D eigenvalue weighted by Gasteiger charge is -2.41. The van der Waals surface area contributed by atoms with Gasteiger partial charge >= 0.3 is 0 Å². The highest BCUT2D eigenvalue weighted by molar-refractivity contribution is 6.31. The maximum Gasteiger partial charge on any atom is 0.254 e. The molecule has 0 aromatic heterocycles. The fraction of sp³-hybridized carbons (Fsp3) is 0.235. The topological polar surface area (TPSA) is 20.3 Å². The lowest BCUT2D eigenvalue weighted by molar-refractivity contribution is 0.0459. The molecule has 21 heavy (non-hydrogen) atoms. The summed E-state index contributed by atoms with van der Waals surface area (Å²) in [7, 11) is 0. The number of halogens is 2. The Kier molecular flexibility index (Phi) is 3.68. The highest BCUT2D eigenvalue weighted by Gasteiger charge is 2.34. The lowest BCUT2D eigenvalue weighted by atomic mass is 9.93. The van der Waals surface area contributed by atoms with Gasteiger partial charge in [0.1, 0.15) is 5.82 Å². The average molecular weight is 304 g/mol. The smallest absolute Gasteiger partial charge is 0.254 e. The summed E-state index contributed by atoms with van der Waals surface area (Å²) >= 11 is 6.08. The molecule has 2 nitrogen and oxygen atoms in total. The molecule has 0 N–H and O–H groups in total. The second-order valence-corrected chi connectivity index (χ2v) is 5.73. The molecule has 0 saturated carbocycles. The molecular formula is C17H15ClFNO. The third-order valence-corrected chi connectivity index (χ3v) is 4.34. The van der Waals surface area contributed by atoms with Crippen LogP contribution in [0, 0.1) is 12.7 Å². The Balaban J connectivity index is 1.83. The molecule has 1 saturated heterocycles. The number of amides is 1. The molecule has 2 aromatic carbocycles. The van der Waals surface area contributed by atoms with Crippen LogP contribution in [0.2, 0.25) is 5.02 Å². The van der Waals surface area contributed by atoms with E-state index in [4.69, 9.17) is 11.6 Å². The summed E-state index contributed by atoms with van der Waals surface area (Å²) in [5, 5.41) is 0.587. The van der Waals surface area contributed by atoms with Crippen molar-refractivity contribution < 1.29 is 9.18 Å². The van der Waals surface area contributed by atoms with Crippen molar-refractivity contribution in [1.29, 1.82) is 0 Å². The molecule has 0 aliphatic carbocycles. The second kappa shape index (κ2) is 5.49. The van der Waals surface area contributed by atoms with Gasteiger partial charge in [-0.1, -0.05) is 29.8 Å². The van der Waals surface area contributed by atoms with Crippen LogP contribution in [0.3, 0.4) is 0 Å². The molecule has 1 aliphatic rings. The van der Waals surface area contributed by atoms with E-state index < -0.39 is 0 Å². The van der Waals surface area contributed by atoms with Crippen LogP contribution in [0.5, 0.6) is 0 Å². The van der Waals surface area contributed by atoms with Gasteiger partial charge in [0.25, 0.3) is 5.91 Å². The van der Waals surface area contributed by atoms with E-state index in [9.17, 15) is 9.18 Å². The van der Waals surface area contributed by atoms with Crippen LogP contribution < -0.4 is 0 Å². The third kappa shape index (κ3) is 2.66. The van der Waals surface area contributed by atoms with E-state index in [-0.39, 0.29) is 17.8 Å². The molecule has 0 bridgehead atoms. The summed E-state index contributed by atoms with van der Waals surface area (Å²) in [5.74, 6) is -0.331. The van der Waals surface area contributed by atoms with Crippen LogP contribution in [0.25, 0.3) is 0 Å². The van der Waals surface area contributed by atoms with E-state index in [1.165, 1.54) is 12.1 Å². The molecule has 1 fully saturated rings. The number of carbonyl (C=O) groups is 1. The average Bonchev–Trinajstić information content (AvgIpc) is 2.40. The standard InChI is InChI=1S/C17H15ClFNO/c1-11-5-6-13(10-15(11)18)17(21)20-8-7-16(20)12-3-2-4-14(19)9-12/h2-6,9-10,16H,7-8H2,1H3. The molecule has 1 amide bonds. The second-order valence-electron chi connectivity index (χ2n) is 5.32. The van der Waals surface area contributed by atoms with Crippen LogP contribution in [-0.4, -0.2) is 17.4 Å². The van der Waals surface area contributed by atoms with E-state index >= 15 is 0 Å². The van der Waals surface area contributed by atoms with Gasteiger partial charge in [0.2, 0.25) is 0 Å². The first-order chi connectivity index (χ1) is 10.1. The zero-order chi connectivity index (χ0) is 15.0. The Morgan fingerprint density at radius 2 is 2.10 bits per heavy atom. The maximum atomic E-state index is 13.3. The molecule has 2 aromatic rings. The molecular weight excluding hydrogens is 289 g/mol. The zero-order valence-electron chi connectivity index (χ0n) is 11.6. The summed E-state index contributed by atoms with van der Waals surface area (Å²) < 4.78 is 13.3. The Labute approximate surface area is 128 Å². The minimum absolute atomic E-state index is 0.0479. The monoisotopic (exact) mass is 303 g/mol. The number of rotatable bonds is 2. The first-order valence-electron chi connectivity index (χ1n) is 6.89. The fourth-order valence-electron chi connectivity index (χ4n) is 2.58. The number of benzene rings is 2. The minimum atomic E-state index is -0.273. The first-order valence-corrected chi connectivity index (χ1v) is 7.26. The van der Waals surface area contributed by atoms with E-state index in [1.807, 2.05) is 19.1 Å². The van der Waals surface area contributed by atoms with Gasteiger partial charge in [-0.2, -0.15) is 0 Å². The highest BCUT2D eigenvalue weighted by atomic mass is 35.5. The van der Waals surface area contributed by atoms with Gasteiger partial charge in [0.05, 0.1) is 6.04 Å². The van der Waals surface area contributed by atoms with Crippen molar-refractivity contribution in [2.45, 2.75) is 19.4 Å². The molecule has 108 valence electrons. The van der Waals surface area contributed by atoms with Crippen molar-refractivity contribution in [2.75, 3.05) is 6.54 Å². The van der Waals surface area contributed by atoms with Crippen molar-refractivity contribution in [1.82, 2.24) is 4.90 Å². The lowest BCUT2D eigenvalue weighted by Crippen LogP contribution is -2.45. The molecule has 3 rings (SSSR count). The number of hydrogen-bond donors (Lipinski definition) is 0. The van der Waals surface area contributed by atoms with Gasteiger partial charge in [-0.15, -0.1) is 0 Å². The van der Waals surface area contributed by atoms with Gasteiger partial charge in [0.15, 0.2) is 0 Å². The quantitative estimate of drug-likeness (QED) is 0.806. The molecule has 1 aliphatic heterocycles. The summed E-state index contributed by atoms with van der Waals surface area (Å²) in [6.07, 6.45) is 0.856. The van der Waals surface area contributed by atoms with Crippen LogP contribution in [0.15, 0.2) is 42.5 Å². The SMILES string of the molecule is Cc1ccc(C(=O)N2CCC2c2cccc(F)c2)cc1Cl. The van der Waals surface area contributed by atoms with Crippen molar-refractivity contribution in [3.05, 3.63) is 70.0 Å². The largest absolute Gasteiger partial charge is 0.331 e. The minimum Gasteiger partial charge on any atom is -0.331 e. The van der Waals surface area contributed by atoms with Crippen LogP contribution in [0.1, 0.15) is 33.9 Å². The van der Waals surface area contributed by atoms with Crippen molar-refractivity contribution >= 4 is 17.5 Å². The van der Waals surface area contributed by atoms with E-state index in [1.54, 1.807) is 23.1 Å². The molecule has 1 heterocycles. The normalized spacial score (nSPS) is 17.5. The summed E-state index contributed by atoms with van der Waals surface area (Å²) in [6.45, 7) is 2.58. The van der Waals surface area contributed by atoms with Gasteiger partial charge in [0, 0.05) is 17.1 Å². The zero-order valence-corrected chi connectivity index (χ0v) is 12.4. The highest BCUT2D eigenvalue weighted by Crippen LogP contribution is 2.35. The van der Waals surface area contributed by atoms with E-state index in [2.05, 4.69) is 0 Å². The number of hydrogen-bond acceptors (Lipinski definition) is 1. The fourth-order valence-corrected chi connectivity index (χ4v) is 2.76. The number of carbonyl (C=O) groups excluding carboxylic acids is 1. The Morgan fingerprint density at radius 3 is 2.71 bits per heavy atom. The number of aryl methyl sites for hydroxylation is 1. The summed E-state index contributed by atoms with van der Waals surface area (Å²) in [4.78, 5) is 14.3. The van der Waals surface area contributed by atoms with Crippen molar-refractivity contribution in [3.63, 3.8) is 0 Å². The third-order valence-electron chi connectivity index (χ3n) is 3.93. The van der Waals surface area contributed by atoms with Crippen LogP contribution in [-0.2, 0) is 0 Å². The Morgan fingerprint density at radius 1 is 1.29 bits per heavy atom. The van der Waals surface area contributed by atoms with Gasteiger partial charge in [-0.25, -0.2) is 4.39 Å². The van der Waals surface area contributed by atoms with E-state index in [0.717, 1.165) is 17.5 Å².